The van der Waals surface area contributed by atoms with Gasteiger partial charge in [0.1, 0.15) is 0 Å². The van der Waals surface area contributed by atoms with Crippen LogP contribution in [0.3, 0.4) is 0 Å². The molecule has 0 bridgehead atoms. The Labute approximate surface area is 164 Å². The first-order valence-corrected chi connectivity index (χ1v) is 12.0. The Morgan fingerprint density at radius 1 is 1.04 bits per heavy atom. The minimum Gasteiger partial charge on any atom is -0.378 e. The molecular formula is C25H36O2. The average molecular weight is 369 g/mol. The summed E-state index contributed by atoms with van der Waals surface area (Å²) in [5, 5.41) is 0. The van der Waals surface area contributed by atoms with Crippen LogP contribution >= 0.6 is 0 Å². The minimum atomic E-state index is 0.410. The summed E-state index contributed by atoms with van der Waals surface area (Å²) >= 11 is 0. The first-order valence-electron chi connectivity index (χ1n) is 12.0. The number of rotatable bonds is 1. The predicted octanol–water partition coefficient (Wildman–Crippen LogP) is 5.56. The molecule has 0 amide bonds. The van der Waals surface area contributed by atoms with Crippen molar-refractivity contribution in [2.24, 2.45) is 46.8 Å². The number of carbonyl (C=O) groups excluding carboxylic acids is 1. The van der Waals surface area contributed by atoms with Gasteiger partial charge in [-0.05, 0) is 111 Å². The van der Waals surface area contributed by atoms with Crippen LogP contribution in [0.5, 0.6) is 0 Å². The second kappa shape index (κ2) is 6.18. The van der Waals surface area contributed by atoms with Crippen LogP contribution in [0.15, 0.2) is 11.6 Å². The molecule has 27 heavy (non-hydrogen) atoms. The molecule has 4 saturated carbocycles. The van der Waals surface area contributed by atoms with Crippen molar-refractivity contribution in [2.75, 3.05) is 6.61 Å². The van der Waals surface area contributed by atoms with Crippen LogP contribution in [0.4, 0.5) is 0 Å². The molecule has 5 fully saturated rings. The Balaban J connectivity index is 1.40. The Morgan fingerprint density at radius 2 is 1.93 bits per heavy atom. The van der Waals surface area contributed by atoms with Crippen LogP contribution in [0.25, 0.3) is 0 Å². The van der Waals surface area contributed by atoms with Crippen LogP contribution in [0.1, 0.15) is 77.6 Å². The van der Waals surface area contributed by atoms with Gasteiger partial charge in [-0.25, -0.2) is 0 Å². The van der Waals surface area contributed by atoms with Gasteiger partial charge in [0, 0.05) is 13.0 Å². The van der Waals surface area contributed by atoms with Crippen molar-refractivity contribution >= 4 is 5.78 Å². The minimum absolute atomic E-state index is 0.410. The van der Waals surface area contributed by atoms with Gasteiger partial charge in [0.25, 0.3) is 0 Å². The summed E-state index contributed by atoms with van der Waals surface area (Å²) in [6.07, 6.45) is 17.0. The van der Waals surface area contributed by atoms with E-state index < -0.39 is 0 Å². The van der Waals surface area contributed by atoms with Crippen LogP contribution in [0, 0.1) is 46.8 Å². The molecule has 2 nitrogen and oxygen atoms in total. The second-order valence-corrected chi connectivity index (χ2v) is 11.3. The molecule has 7 unspecified atom stereocenters. The van der Waals surface area contributed by atoms with Crippen LogP contribution < -0.4 is 0 Å². The van der Waals surface area contributed by atoms with Gasteiger partial charge in [-0.1, -0.05) is 18.9 Å². The van der Waals surface area contributed by atoms with E-state index in [1.54, 1.807) is 5.57 Å². The van der Waals surface area contributed by atoms with E-state index in [2.05, 4.69) is 13.0 Å². The van der Waals surface area contributed by atoms with E-state index in [1.807, 2.05) is 0 Å². The molecule has 1 aliphatic heterocycles. The number of ketones is 1. The molecule has 1 saturated heterocycles. The molecule has 6 rings (SSSR count). The maximum Gasteiger partial charge on any atom is 0.155 e. The second-order valence-electron chi connectivity index (χ2n) is 11.3. The van der Waals surface area contributed by atoms with E-state index in [0.29, 0.717) is 17.3 Å². The zero-order valence-electron chi connectivity index (χ0n) is 17.0. The Morgan fingerprint density at radius 3 is 2.78 bits per heavy atom. The van der Waals surface area contributed by atoms with Gasteiger partial charge in [0.2, 0.25) is 0 Å². The Kier molecular flexibility index (Phi) is 3.95. The van der Waals surface area contributed by atoms with Gasteiger partial charge in [-0.15, -0.1) is 0 Å². The molecule has 0 aromatic rings. The maximum atomic E-state index is 12.1. The highest BCUT2D eigenvalue weighted by Gasteiger charge is 2.62. The van der Waals surface area contributed by atoms with Gasteiger partial charge in [-0.3, -0.25) is 4.79 Å². The lowest BCUT2D eigenvalue weighted by atomic mass is 9.46. The molecular weight excluding hydrogens is 332 g/mol. The largest absolute Gasteiger partial charge is 0.378 e. The third-order valence-electron chi connectivity index (χ3n) is 9.71. The van der Waals surface area contributed by atoms with Crippen molar-refractivity contribution in [1.82, 2.24) is 0 Å². The lowest BCUT2D eigenvalue weighted by Crippen LogP contribution is -2.52. The molecule has 148 valence electrons. The van der Waals surface area contributed by atoms with Crippen molar-refractivity contribution in [3.63, 3.8) is 0 Å². The fraction of sp³-hybridized carbons (Fsp3) is 0.880. The Hall–Kier alpha value is -0.630. The Bertz CT molecular complexity index is 661. The maximum absolute atomic E-state index is 12.1. The highest BCUT2D eigenvalue weighted by molar-refractivity contribution is 5.91. The SMILES string of the molecule is CC12CCCCO[C@@H]3CC3C1C1C(C3CC3)CC3=CC(=O)CCC3C1CC2. The van der Waals surface area contributed by atoms with Gasteiger partial charge < -0.3 is 4.74 Å². The first-order chi connectivity index (χ1) is 13.1. The fourth-order valence-corrected chi connectivity index (χ4v) is 8.34. The van der Waals surface area contributed by atoms with Gasteiger partial charge >= 0.3 is 0 Å². The molecule has 0 N–H and O–H groups in total. The highest BCUT2D eigenvalue weighted by Crippen LogP contribution is 2.67. The standard InChI is InChI=1S/C25H36O2/c1-25-9-2-3-11-27-22-14-21(22)24(25)23-19(8-10-25)18-7-6-17(26)12-16(18)13-20(23)15-4-5-15/h12,15,18-24H,2-11,13-14H2,1H3/t18?,19?,20?,21?,22-,23?,24?,25?/m1/s1. The topological polar surface area (TPSA) is 26.3 Å². The number of hydrogen-bond acceptors (Lipinski definition) is 2. The van der Waals surface area contributed by atoms with E-state index in [4.69, 9.17) is 4.74 Å². The van der Waals surface area contributed by atoms with E-state index >= 15 is 0 Å². The quantitative estimate of drug-likeness (QED) is 0.606. The molecule has 1 heterocycles. The van der Waals surface area contributed by atoms with E-state index in [9.17, 15) is 4.79 Å². The number of ether oxygens (including phenoxy) is 1. The molecule has 6 aliphatic rings. The van der Waals surface area contributed by atoms with Crippen LogP contribution in [-0.2, 0) is 9.53 Å². The van der Waals surface area contributed by atoms with Crippen molar-refractivity contribution in [1.29, 1.82) is 0 Å². The number of hydrogen-bond donors (Lipinski definition) is 0. The summed E-state index contributed by atoms with van der Waals surface area (Å²) < 4.78 is 6.29. The van der Waals surface area contributed by atoms with E-state index in [-0.39, 0.29) is 0 Å². The van der Waals surface area contributed by atoms with Gasteiger partial charge in [0.05, 0.1) is 6.10 Å². The van der Waals surface area contributed by atoms with Gasteiger partial charge in [0.15, 0.2) is 5.78 Å². The summed E-state index contributed by atoms with van der Waals surface area (Å²) in [5.74, 6) is 6.50. The van der Waals surface area contributed by atoms with E-state index in [1.165, 1.54) is 57.8 Å². The summed E-state index contributed by atoms with van der Waals surface area (Å²) in [6, 6.07) is 0. The number of allylic oxidation sites excluding steroid dienone is 2. The third-order valence-corrected chi connectivity index (χ3v) is 9.71. The molecule has 0 spiro atoms. The van der Waals surface area contributed by atoms with Crippen molar-refractivity contribution in [3.8, 4) is 0 Å². The summed E-state index contributed by atoms with van der Waals surface area (Å²) in [5.41, 5.74) is 2.12. The lowest BCUT2D eigenvalue weighted by molar-refractivity contribution is -0.117. The normalized spacial score (nSPS) is 52.1. The monoisotopic (exact) mass is 368 g/mol. The fourth-order valence-electron chi connectivity index (χ4n) is 8.34. The summed E-state index contributed by atoms with van der Waals surface area (Å²) in [4.78, 5) is 12.1. The molecule has 8 atom stereocenters. The average Bonchev–Trinajstić information content (AvgIpc) is 3.56. The van der Waals surface area contributed by atoms with Crippen LogP contribution in [0.2, 0.25) is 0 Å². The first kappa shape index (κ1) is 17.2. The van der Waals surface area contributed by atoms with E-state index in [0.717, 1.165) is 60.9 Å². The smallest absolute Gasteiger partial charge is 0.155 e. The molecule has 2 heteroatoms. The van der Waals surface area contributed by atoms with Crippen LogP contribution in [-0.4, -0.2) is 18.5 Å². The van der Waals surface area contributed by atoms with Crippen molar-refractivity contribution in [3.05, 3.63) is 11.6 Å². The molecule has 0 radical (unpaired) electrons. The molecule has 0 aromatic carbocycles. The third kappa shape index (κ3) is 2.80. The van der Waals surface area contributed by atoms with Gasteiger partial charge in [-0.2, -0.15) is 0 Å². The zero-order valence-corrected chi connectivity index (χ0v) is 17.0. The summed E-state index contributed by atoms with van der Waals surface area (Å²) in [7, 11) is 0. The molecule has 0 aromatic heterocycles. The molecule has 5 aliphatic carbocycles. The summed E-state index contributed by atoms with van der Waals surface area (Å²) in [6.45, 7) is 3.66. The zero-order chi connectivity index (χ0) is 18.2. The number of carbonyl (C=O) groups is 1. The van der Waals surface area contributed by atoms with Crippen molar-refractivity contribution < 1.29 is 9.53 Å². The van der Waals surface area contributed by atoms with Crippen molar-refractivity contribution in [2.45, 2.75) is 83.7 Å². The lowest BCUT2D eigenvalue weighted by Gasteiger charge is -2.58. The highest BCUT2D eigenvalue weighted by atomic mass is 16.5. The number of fused-ring (bicyclic) bond motifs is 7. The predicted molar refractivity (Wildman–Crippen MR) is 106 cm³/mol.